The molecule has 0 aliphatic carbocycles. The predicted octanol–water partition coefficient (Wildman–Crippen LogP) is 1.93. The van der Waals surface area contributed by atoms with Gasteiger partial charge in [-0.25, -0.2) is 0 Å². The van der Waals surface area contributed by atoms with E-state index >= 15 is 0 Å². The summed E-state index contributed by atoms with van der Waals surface area (Å²) in [5, 5.41) is 12.3. The molecule has 72 valence electrons. The van der Waals surface area contributed by atoms with Gasteiger partial charge < -0.3 is 10.4 Å². The van der Waals surface area contributed by atoms with Gasteiger partial charge in [-0.15, -0.1) is 0 Å². The van der Waals surface area contributed by atoms with E-state index in [1.165, 1.54) is 5.56 Å². The van der Waals surface area contributed by atoms with Gasteiger partial charge >= 0.3 is 0 Å². The molecule has 0 heterocycles. The highest BCUT2D eigenvalue weighted by Gasteiger charge is 2.03. The molecule has 1 rings (SSSR count). The van der Waals surface area contributed by atoms with Crippen molar-refractivity contribution in [2.24, 2.45) is 0 Å². The second kappa shape index (κ2) is 4.87. The maximum Gasteiger partial charge on any atom is 0.115 e. The summed E-state index contributed by atoms with van der Waals surface area (Å²) in [4.78, 5) is 0. The molecule has 13 heavy (non-hydrogen) atoms. The first-order valence-electron chi connectivity index (χ1n) is 4.71. The first-order valence-corrected chi connectivity index (χ1v) is 4.71. The number of hydrogen-bond donors (Lipinski definition) is 2. The summed E-state index contributed by atoms with van der Waals surface area (Å²) in [5.41, 5.74) is 1.26. The Morgan fingerprint density at radius 1 is 1.31 bits per heavy atom. The Balaban J connectivity index is 2.58. The van der Waals surface area contributed by atoms with Crippen molar-refractivity contribution in [2.75, 3.05) is 7.05 Å². The Kier molecular flexibility index (Phi) is 3.77. The van der Waals surface area contributed by atoms with Gasteiger partial charge in [0.25, 0.3) is 0 Å². The Hall–Kier alpha value is -1.02. The molecule has 0 saturated heterocycles. The van der Waals surface area contributed by atoms with Crippen molar-refractivity contribution in [1.82, 2.24) is 5.32 Å². The summed E-state index contributed by atoms with van der Waals surface area (Å²) in [5.74, 6) is 0.334. The first-order chi connectivity index (χ1) is 6.26. The van der Waals surface area contributed by atoms with Crippen molar-refractivity contribution in [3.63, 3.8) is 0 Å². The lowest BCUT2D eigenvalue weighted by atomic mass is 10.0. The number of hydrogen-bond acceptors (Lipinski definition) is 2. The van der Waals surface area contributed by atoms with Gasteiger partial charge in [0.1, 0.15) is 5.75 Å². The summed E-state index contributed by atoms with van der Waals surface area (Å²) in [7, 11) is 1.98. The fraction of sp³-hybridized carbons (Fsp3) is 0.455. The van der Waals surface area contributed by atoms with Crippen molar-refractivity contribution in [3.05, 3.63) is 29.8 Å². The Morgan fingerprint density at radius 3 is 2.38 bits per heavy atom. The van der Waals surface area contributed by atoms with Crippen LogP contribution < -0.4 is 5.32 Å². The minimum atomic E-state index is 0.334. The molecule has 0 spiro atoms. The molecular weight excluding hydrogens is 162 g/mol. The molecule has 1 aromatic rings. The van der Waals surface area contributed by atoms with Crippen molar-refractivity contribution >= 4 is 0 Å². The molecule has 2 N–H and O–H groups in total. The largest absolute Gasteiger partial charge is 0.508 e. The molecule has 0 radical (unpaired) electrons. The van der Waals surface area contributed by atoms with Crippen LogP contribution in [0.25, 0.3) is 0 Å². The zero-order valence-corrected chi connectivity index (χ0v) is 8.25. The molecule has 0 aliphatic rings. The van der Waals surface area contributed by atoms with Crippen molar-refractivity contribution < 1.29 is 5.11 Å². The van der Waals surface area contributed by atoms with E-state index < -0.39 is 0 Å². The number of phenols is 1. The number of phenolic OH excluding ortho intramolecular Hbond substituents is 1. The standard InChI is InChI=1S/C11H17NO/c1-3-10(12-2)8-9-4-6-11(13)7-5-9/h4-7,10,12-13H,3,8H2,1-2H3/t10-/m1/s1. The maximum atomic E-state index is 9.09. The number of benzene rings is 1. The number of aromatic hydroxyl groups is 1. The van der Waals surface area contributed by atoms with Crippen LogP contribution in [0.4, 0.5) is 0 Å². The minimum absolute atomic E-state index is 0.334. The van der Waals surface area contributed by atoms with Crippen LogP contribution in [0.2, 0.25) is 0 Å². The van der Waals surface area contributed by atoms with E-state index in [2.05, 4.69) is 12.2 Å². The van der Waals surface area contributed by atoms with Crippen LogP contribution in [0.3, 0.4) is 0 Å². The molecule has 0 amide bonds. The minimum Gasteiger partial charge on any atom is -0.508 e. The van der Waals surface area contributed by atoms with Crippen LogP contribution in [0.1, 0.15) is 18.9 Å². The topological polar surface area (TPSA) is 32.3 Å². The molecule has 0 bridgehead atoms. The molecule has 1 aromatic carbocycles. The third-order valence-electron chi connectivity index (χ3n) is 2.32. The average molecular weight is 179 g/mol. The normalized spacial score (nSPS) is 12.8. The number of rotatable bonds is 4. The van der Waals surface area contributed by atoms with Crippen molar-refractivity contribution in [3.8, 4) is 5.75 Å². The smallest absolute Gasteiger partial charge is 0.115 e. The third-order valence-corrected chi connectivity index (χ3v) is 2.32. The number of likely N-dealkylation sites (N-methyl/N-ethyl adjacent to an activating group) is 1. The summed E-state index contributed by atoms with van der Waals surface area (Å²) in [6, 6.07) is 7.93. The van der Waals surface area contributed by atoms with Crippen LogP contribution in [-0.2, 0) is 6.42 Å². The predicted molar refractivity (Wildman–Crippen MR) is 54.9 cm³/mol. The highest BCUT2D eigenvalue weighted by Crippen LogP contribution is 2.11. The Morgan fingerprint density at radius 2 is 1.92 bits per heavy atom. The monoisotopic (exact) mass is 179 g/mol. The Bertz CT molecular complexity index is 239. The second-order valence-electron chi connectivity index (χ2n) is 3.26. The van der Waals surface area contributed by atoms with Gasteiger partial charge in [-0.05, 0) is 37.6 Å². The fourth-order valence-corrected chi connectivity index (χ4v) is 1.37. The van der Waals surface area contributed by atoms with Crippen LogP contribution in [0.15, 0.2) is 24.3 Å². The fourth-order valence-electron chi connectivity index (χ4n) is 1.37. The SMILES string of the molecule is CC[C@H](Cc1ccc(O)cc1)NC. The lowest BCUT2D eigenvalue weighted by Crippen LogP contribution is -2.26. The van der Waals surface area contributed by atoms with Crippen molar-refractivity contribution in [1.29, 1.82) is 0 Å². The third kappa shape index (κ3) is 3.07. The van der Waals surface area contributed by atoms with Crippen LogP contribution in [0, 0.1) is 0 Å². The second-order valence-corrected chi connectivity index (χ2v) is 3.26. The van der Waals surface area contributed by atoms with E-state index in [0.29, 0.717) is 11.8 Å². The summed E-state index contributed by atoms with van der Waals surface area (Å²) < 4.78 is 0. The van der Waals surface area contributed by atoms with Crippen LogP contribution in [0.5, 0.6) is 5.75 Å². The molecule has 2 heteroatoms. The molecule has 0 aliphatic heterocycles. The lowest BCUT2D eigenvalue weighted by molar-refractivity contribution is 0.474. The molecule has 1 atom stereocenters. The van der Waals surface area contributed by atoms with E-state index in [4.69, 9.17) is 5.11 Å². The van der Waals surface area contributed by atoms with Crippen LogP contribution in [-0.4, -0.2) is 18.2 Å². The molecule has 0 fully saturated rings. The summed E-state index contributed by atoms with van der Waals surface area (Å²) in [6.45, 7) is 2.17. The van der Waals surface area contributed by atoms with E-state index in [1.54, 1.807) is 12.1 Å². The lowest BCUT2D eigenvalue weighted by Gasteiger charge is -2.13. The van der Waals surface area contributed by atoms with Gasteiger partial charge in [0.05, 0.1) is 0 Å². The van der Waals surface area contributed by atoms with Crippen LogP contribution >= 0.6 is 0 Å². The van der Waals surface area contributed by atoms with E-state index in [-0.39, 0.29) is 0 Å². The van der Waals surface area contributed by atoms with E-state index in [1.807, 2.05) is 19.2 Å². The van der Waals surface area contributed by atoms with E-state index in [0.717, 1.165) is 12.8 Å². The maximum absolute atomic E-state index is 9.09. The van der Waals surface area contributed by atoms with Crippen molar-refractivity contribution in [2.45, 2.75) is 25.8 Å². The zero-order valence-electron chi connectivity index (χ0n) is 8.25. The van der Waals surface area contributed by atoms with E-state index in [9.17, 15) is 0 Å². The molecule has 0 unspecified atom stereocenters. The van der Waals surface area contributed by atoms with Gasteiger partial charge in [0.2, 0.25) is 0 Å². The van der Waals surface area contributed by atoms with Gasteiger partial charge in [-0.2, -0.15) is 0 Å². The first kappa shape index (κ1) is 10.1. The molecule has 0 aromatic heterocycles. The summed E-state index contributed by atoms with van der Waals surface area (Å²) >= 11 is 0. The molecular formula is C11H17NO. The Labute approximate surface area is 79.6 Å². The highest BCUT2D eigenvalue weighted by atomic mass is 16.3. The molecule has 0 saturated carbocycles. The van der Waals surface area contributed by atoms with Gasteiger partial charge in [0, 0.05) is 6.04 Å². The summed E-state index contributed by atoms with van der Waals surface area (Å²) in [6.07, 6.45) is 2.14. The van der Waals surface area contributed by atoms with Gasteiger partial charge in [-0.1, -0.05) is 19.1 Å². The quantitative estimate of drug-likeness (QED) is 0.740. The zero-order chi connectivity index (χ0) is 9.68. The molecule has 2 nitrogen and oxygen atoms in total. The average Bonchev–Trinajstić information content (AvgIpc) is 2.17. The van der Waals surface area contributed by atoms with Gasteiger partial charge in [0.15, 0.2) is 0 Å². The van der Waals surface area contributed by atoms with Gasteiger partial charge in [-0.3, -0.25) is 0 Å². The highest BCUT2D eigenvalue weighted by molar-refractivity contribution is 5.26. The number of nitrogens with one attached hydrogen (secondary N) is 1.